The minimum atomic E-state index is -0.280. The summed E-state index contributed by atoms with van der Waals surface area (Å²) in [5.74, 6) is 0.437. The van der Waals surface area contributed by atoms with Gasteiger partial charge in [0.2, 0.25) is 0 Å². The Hall–Kier alpha value is -1.98. The van der Waals surface area contributed by atoms with E-state index in [1.807, 2.05) is 11.5 Å². The summed E-state index contributed by atoms with van der Waals surface area (Å²) in [6, 6.07) is 8.00. The summed E-state index contributed by atoms with van der Waals surface area (Å²) in [6.07, 6.45) is 2.43. The summed E-state index contributed by atoms with van der Waals surface area (Å²) in [5, 5.41) is 0.530. The number of imidazole rings is 1. The average Bonchev–Trinajstić information content (AvgIpc) is 2.85. The van der Waals surface area contributed by atoms with E-state index in [2.05, 4.69) is 9.97 Å². The number of nitrogens with two attached hydrogens (primary N) is 1. The van der Waals surface area contributed by atoms with Crippen molar-refractivity contribution >= 4 is 22.8 Å². The predicted octanol–water partition coefficient (Wildman–Crippen LogP) is 3.63. The van der Waals surface area contributed by atoms with Gasteiger partial charge in [0.1, 0.15) is 17.2 Å². The van der Waals surface area contributed by atoms with Crippen LogP contribution in [0.1, 0.15) is 13.3 Å². The zero-order chi connectivity index (χ0) is 15.7. The normalized spacial score (nSPS) is 12.7. The fourth-order valence-corrected chi connectivity index (χ4v) is 2.49. The zero-order valence-electron chi connectivity index (χ0n) is 12.1. The first kappa shape index (κ1) is 14.9. The van der Waals surface area contributed by atoms with E-state index in [1.54, 1.807) is 24.4 Å². The molecule has 3 rings (SSSR count). The third kappa shape index (κ3) is 2.82. The van der Waals surface area contributed by atoms with Crippen LogP contribution in [0.15, 0.2) is 36.5 Å². The Kier molecular flexibility index (Phi) is 4.09. The summed E-state index contributed by atoms with van der Waals surface area (Å²) < 4.78 is 15.1. The molecule has 0 amide bonds. The van der Waals surface area contributed by atoms with Crippen LogP contribution in [0.5, 0.6) is 0 Å². The van der Waals surface area contributed by atoms with Crippen LogP contribution in [-0.4, -0.2) is 20.6 Å². The lowest BCUT2D eigenvalue weighted by Crippen LogP contribution is -2.25. The van der Waals surface area contributed by atoms with E-state index in [0.29, 0.717) is 22.9 Å². The SMILES string of the molecule is CCC(N)Cn1c(-c2ccc(F)cc2)nc2cc(Cl)cnc21. The zero-order valence-corrected chi connectivity index (χ0v) is 12.9. The first-order chi connectivity index (χ1) is 10.6. The molecule has 1 aromatic carbocycles. The smallest absolute Gasteiger partial charge is 0.160 e. The highest BCUT2D eigenvalue weighted by atomic mass is 35.5. The summed E-state index contributed by atoms with van der Waals surface area (Å²) >= 11 is 5.99. The minimum Gasteiger partial charge on any atom is -0.326 e. The second-order valence-electron chi connectivity index (χ2n) is 5.22. The highest BCUT2D eigenvalue weighted by Crippen LogP contribution is 2.26. The molecule has 0 bridgehead atoms. The summed E-state index contributed by atoms with van der Waals surface area (Å²) in [5.41, 5.74) is 8.35. The third-order valence-corrected chi connectivity index (χ3v) is 3.80. The maximum absolute atomic E-state index is 13.1. The van der Waals surface area contributed by atoms with E-state index in [9.17, 15) is 4.39 Å². The second-order valence-corrected chi connectivity index (χ2v) is 5.65. The molecule has 0 aliphatic carbocycles. The maximum atomic E-state index is 13.1. The van der Waals surface area contributed by atoms with Crippen LogP contribution in [0.3, 0.4) is 0 Å². The summed E-state index contributed by atoms with van der Waals surface area (Å²) in [4.78, 5) is 8.97. The first-order valence-corrected chi connectivity index (χ1v) is 7.49. The number of hydrogen-bond donors (Lipinski definition) is 1. The van der Waals surface area contributed by atoms with Crippen LogP contribution in [0.2, 0.25) is 5.02 Å². The van der Waals surface area contributed by atoms with E-state index < -0.39 is 0 Å². The average molecular weight is 319 g/mol. The molecule has 22 heavy (non-hydrogen) atoms. The molecule has 0 aliphatic heterocycles. The number of hydrogen-bond acceptors (Lipinski definition) is 3. The highest BCUT2D eigenvalue weighted by molar-refractivity contribution is 6.31. The Morgan fingerprint density at radius 1 is 1.32 bits per heavy atom. The maximum Gasteiger partial charge on any atom is 0.160 e. The highest BCUT2D eigenvalue weighted by Gasteiger charge is 2.16. The van der Waals surface area contributed by atoms with Crippen molar-refractivity contribution in [2.75, 3.05) is 0 Å². The van der Waals surface area contributed by atoms with Gasteiger partial charge in [-0.05, 0) is 36.8 Å². The molecular weight excluding hydrogens is 303 g/mol. The number of fused-ring (bicyclic) bond motifs is 1. The van der Waals surface area contributed by atoms with Gasteiger partial charge in [-0.3, -0.25) is 0 Å². The van der Waals surface area contributed by atoms with Crippen molar-refractivity contribution in [3.8, 4) is 11.4 Å². The van der Waals surface area contributed by atoms with Crippen LogP contribution >= 0.6 is 11.6 Å². The van der Waals surface area contributed by atoms with Crippen molar-refractivity contribution in [3.05, 3.63) is 47.4 Å². The molecule has 114 valence electrons. The van der Waals surface area contributed by atoms with Crippen LogP contribution < -0.4 is 5.73 Å². The van der Waals surface area contributed by atoms with E-state index in [0.717, 1.165) is 17.6 Å². The Morgan fingerprint density at radius 2 is 2.05 bits per heavy atom. The van der Waals surface area contributed by atoms with Crippen LogP contribution in [0, 0.1) is 5.82 Å². The molecule has 1 unspecified atom stereocenters. The van der Waals surface area contributed by atoms with Crippen molar-refractivity contribution < 1.29 is 4.39 Å². The number of rotatable bonds is 4. The quantitative estimate of drug-likeness (QED) is 0.799. The largest absolute Gasteiger partial charge is 0.326 e. The number of nitrogens with zero attached hydrogens (tertiary/aromatic N) is 3. The molecule has 2 aromatic heterocycles. The Morgan fingerprint density at radius 3 is 2.73 bits per heavy atom. The molecule has 0 spiro atoms. The molecule has 2 N–H and O–H groups in total. The molecule has 6 heteroatoms. The van der Waals surface area contributed by atoms with Crippen molar-refractivity contribution in [2.24, 2.45) is 5.73 Å². The van der Waals surface area contributed by atoms with Crippen molar-refractivity contribution in [3.63, 3.8) is 0 Å². The number of pyridine rings is 1. The van der Waals surface area contributed by atoms with Crippen LogP contribution in [0.25, 0.3) is 22.6 Å². The van der Waals surface area contributed by atoms with Crippen molar-refractivity contribution in [1.29, 1.82) is 0 Å². The topological polar surface area (TPSA) is 56.7 Å². The van der Waals surface area contributed by atoms with Gasteiger partial charge in [-0.15, -0.1) is 0 Å². The molecule has 4 nitrogen and oxygen atoms in total. The predicted molar refractivity (Wildman–Crippen MR) is 86.2 cm³/mol. The third-order valence-electron chi connectivity index (χ3n) is 3.60. The van der Waals surface area contributed by atoms with Gasteiger partial charge in [0.15, 0.2) is 5.65 Å². The fourth-order valence-electron chi connectivity index (χ4n) is 2.34. The Bertz CT molecular complexity index is 798. The lowest BCUT2D eigenvalue weighted by atomic mass is 10.2. The molecule has 0 radical (unpaired) electrons. The van der Waals surface area contributed by atoms with Gasteiger partial charge >= 0.3 is 0 Å². The van der Waals surface area contributed by atoms with E-state index in [1.165, 1.54) is 12.1 Å². The summed E-state index contributed by atoms with van der Waals surface area (Å²) in [6.45, 7) is 2.62. The molecule has 0 aliphatic rings. The van der Waals surface area contributed by atoms with Gasteiger partial charge in [0.05, 0.1) is 5.02 Å². The lowest BCUT2D eigenvalue weighted by Gasteiger charge is -2.13. The molecule has 1 atom stereocenters. The van der Waals surface area contributed by atoms with Gasteiger partial charge in [0, 0.05) is 24.3 Å². The summed E-state index contributed by atoms with van der Waals surface area (Å²) in [7, 11) is 0. The first-order valence-electron chi connectivity index (χ1n) is 7.11. The van der Waals surface area contributed by atoms with Gasteiger partial charge in [-0.2, -0.15) is 0 Å². The van der Waals surface area contributed by atoms with E-state index >= 15 is 0 Å². The Balaban J connectivity index is 2.18. The van der Waals surface area contributed by atoms with Crippen molar-refractivity contribution in [1.82, 2.24) is 14.5 Å². The number of aromatic nitrogens is 3. The van der Waals surface area contributed by atoms with E-state index in [4.69, 9.17) is 17.3 Å². The van der Waals surface area contributed by atoms with E-state index in [-0.39, 0.29) is 11.9 Å². The van der Waals surface area contributed by atoms with Gasteiger partial charge < -0.3 is 10.3 Å². The molecule has 0 saturated heterocycles. The molecule has 2 heterocycles. The number of halogens is 2. The monoisotopic (exact) mass is 318 g/mol. The van der Waals surface area contributed by atoms with Gasteiger partial charge in [-0.1, -0.05) is 18.5 Å². The molecular formula is C16H16ClFN4. The Labute approximate surface area is 132 Å². The van der Waals surface area contributed by atoms with Gasteiger partial charge in [0.25, 0.3) is 0 Å². The van der Waals surface area contributed by atoms with Crippen LogP contribution in [0.4, 0.5) is 4.39 Å². The number of benzene rings is 1. The standard InChI is InChI=1S/C16H16ClFN4/c1-2-13(19)9-22-15(10-3-5-12(18)6-4-10)21-14-7-11(17)8-20-16(14)22/h3-8,13H,2,9,19H2,1H3. The van der Waals surface area contributed by atoms with Crippen molar-refractivity contribution in [2.45, 2.75) is 25.9 Å². The van der Waals surface area contributed by atoms with Gasteiger partial charge in [-0.25, -0.2) is 14.4 Å². The minimum absolute atomic E-state index is 0.00548. The second kappa shape index (κ2) is 6.02. The fraction of sp³-hybridized carbons (Fsp3) is 0.250. The van der Waals surface area contributed by atoms with Crippen LogP contribution in [-0.2, 0) is 6.54 Å². The lowest BCUT2D eigenvalue weighted by molar-refractivity contribution is 0.549. The molecule has 3 aromatic rings. The molecule has 0 fully saturated rings. The molecule has 0 saturated carbocycles.